The van der Waals surface area contributed by atoms with Crippen LogP contribution in [0.25, 0.3) is 0 Å². The molecule has 9 heterocycles. The van der Waals surface area contributed by atoms with Crippen molar-refractivity contribution in [2.24, 2.45) is 0 Å². The molecule has 0 spiro atoms. The van der Waals surface area contributed by atoms with Crippen LogP contribution in [0.15, 0.2) is 55.0 Å². The standard InChI is InChI=1S/C11H22F3NOSi.C10H13N3O3.C10H15N3O.C9H21NOSi.C5H3FN2O2.C5H11NO.C3H7NO.C2H5I.CH3.ClH.Pd/c1-10(2,3)17(4,5)16-9-6-15(7-9)8-11(12,13)14;1-2-12-6-8(7-12)16-10-9(13(14)15)4-3-5-11-10;1-2-13-6-8(7-13)14-10-9(11)4-3-5-12-10;1-9(2,3)12(4,5)11-8-6-10-7-8;6-5-4(8(9)10)2-1-3-7-5;1-2-6-3-5(7)4-6;5-3-1-4-2-3;1-2-3;;;/h9H,6-8H2,1-5H3;3-5,8H,2,6-7H2,1H3;3-5,8H,2,6-7,11H2,1H3;8,10H,6-7H2,1-5H3;1-3H;5,7H,2-4H2,1H3;3-5H,1-2H2;2H2,1H3;1H3;1H;/q;;;;;;;;-1;;. The molecule has 22 nitrogen and oxygen atoms in total. The number of aliphatic hydroxyl groups is 2. The van der Waals surface area contributed by atoms with Gasteiger partial charge in [-0.3, -0.25) is 39.8 Å². The minimum Gasteiger partial charge on any atom is -0.470 e. The zero-order valence-electron chi connectivity index (χ0n) is 53.6. The second-order valence-electron chi connectivity index (χ2n) is 23.8. The van der Waals surface area contributed by atoms with Gasteiger partial charge in [0, 0.05) is 130 Å². The molecule has 3 aromatic heterocycles. The molecule has 87 heavy (non-hydrogen) atoms. The number of nitrogens with one attached hydrogen (secondary N) is 2. The van der Waals surface area contributed by atoms with Crippen LogP contribution in [0.4, 0.5) is 34.6 Å². The zero-order valence-corrected chi connectivity index (χ0v) is 60.1. The van der Waals surface area contributed by atoms with Crippen molar-refractivity contribution >= 4 is 68.7 Å². The summed E-state index contributed by atoms with van der Waals surface area (Å²) in [4.78, 5) is 38.5. The number of β-amino-alcohol motifs (C(OH)–C–C–N with tert-alkyl or cyclic N) is 2. The van der Waals surface area contributed by atoms with E-state index in [0.29, 0.717) is 35.8 Å². The number of anilines is 1. The Morgan fingerprint density at radius 1 is 0.632 bits per heavy atom. The maximum absolute atomic E-state index is 12.3. The summed E-state index contributed by atoms with van der Waals surface area (Å²) in [5.74, 6) is -0.367. The number of nitrogens with two attached hydrogens (primary N) is 1. The average molecular weight is 1500 g/mol. The molecule has 6 aliphatic heterocycles. The molecule has 0 aromatic carbocycles. The maximum Gasteiger partial charge on any atom is 0.401 e. The molecule has 0 atom stereocenters. The second kappa shape index (κ2) is 41.5. The number of rotatable bonds is 14. The van der Waals surface area contributed by atoms with E-state index in [1.165, 1.54) is 33.7 Å². The Hall–Kier alpha value is -2.91. The molecule has 0 bridgehead atoms. The van der Waals surface area contributed by atoms with Gasteiger partial charge in [-0.1, -0.05) is 91.8 Å². The average Bonchev–Trinajstić information content (AvgIpc) is 1.25. The predicted octanol–water partition coefficient (Wildman–Crippen LogP) is 9.13. The van der Waals surface area contributed by atoms with Crippen molar-refractivity contribution in [3.63, 3.8) is 0 Å². The van der Waals surface area contributed by atoms with Crippen molar-refractivity contribution in [1.82, 2.24) is 45.2 Å². The van der Waals surface area contributed by atoms with Gasteiger partial charge in [0.2, 0.25) is 5.88 Å². The molecular weight excluding hydrogens is 1400 g/mol. The van der Waals surface area contributed by atoms with Gasteiger partial charge in [-0.25, -0.2) is 15.0 Å². The molecule has 31 heteroatoms. The Morgan fingerprint density at radius 2 is 0.989 bits per heavy atom. The number of pyridine rings is 3. The van der Waals surface area contributed by atoms with Crippen molar-refractivity contribution in [3.8, 4) is 11.8 Å². The van der Waals surface area contributed by atoms with Crippen molar-refractivity contribution in [3.05, 3.63) is 88.6 Å². The molecule has 9 rings (SSSR count). The van der Waals surface area contributed by atoms with Crippen molar-refractivity contribution in [1.29, 1.82) is 0 Å². The number of aromatic nitrogens is 3. The molecule has 6 saturated heterocycles. The third-order valence-electron chi connectivity index (χ3n) is 14.7. The summed E-state index contributed by atoms with van der Waals surface area (Å²) in [5.41, 5.74) is 5.66. The molecule has 6 N–H and O–H groups in total. The normalized spacial score (nSPS) is 17.6. The van der Waals surface area contributed by atoms with Crippen LogP contribution < -0.4 is 25.8 Å². The number of likely N-dealkylation sites (N-methyl/N-ethyl adjacent to an activating group) is 3. The first-order chi connectivity index (χ1) is 39.1. The number of nitrogen functional groups attached to an aromatic ring is 1. The second-order valence-corrected chi connectivity index (χ2v) is 34.8. The van der Waals surface area contributed by atoms with Crippen LogP contribution >= 0.6 is 35.0 Å². The number of halogens is 6. The SMILES string of the molecule is CC(C)(C)[Si](C)(C)OC1CN(CC(F)(F)F)C1.CC(C)(C)[Si](C)(C)OC1CNC1.CCI.CCN1CC(O)C1.CCN1CC(Oc2ncccc2N)C1.CCN1CC(Oc2ncccc2[N+](=O)[O-])C1.Cl.O=[N+]([O-])c1cccnc1F.OC1CNC1.[CH3-].[Pd]. The van der Waals surface area contributed by atoms with Crippen LogP contribution in [0.3, 0.4) is 0 Å². The van der Waals surface area contributed by atoms with Crippen LogP contribution in [0.1, 0.15) is 69.2 Å². The third-order valence-corrected chi connectivity index (χ3v) is 23.8. The van der Waals surface area contributed by atoms with Crippen LogP contribution in [-0.2, 0) is 29.3 Å². The first-order valence-corrected chi connectivity index (χ1v) is 36.0. The quantitative estimate of drug-likeness (QED) is 0.0147. The van der Waals surface area contributed by atoms with Crippen molar-refractivity contribution in [2.75, 3.05) is 115 Å². The molecule has 3 aromatic rings. The molecule has 0 radical (unpaired) electrons. The van der Waals surface area contributed by atoms with Gasteiger partial charge in [-0.2, -0.15) is 17.6 Å². The Morgan fingerprint density at radius 3 is 1.30 bits per heavy atom. The Kier molecular flexibility index (Phi) is 41.1. The zero-order chi connectivity index (χ0) is 63.6. The first-order valence-electron chi connectivity index (χ1n) is 28.6. The van der Waals surface area contributed by atoms with Gasteiger partial charge in [-0.15, -0.1) is 12.4 Å². The van der Waals surface area contributed by atoms with E-state index in [0.717, 1.165) is 97.3 Å². The predicted molar refractivity (Wildman–Crippen MR) is 348 cm³/mol. The summed E-state index contributed by atoms with van der Waals surface area (Å²) >= 11 is 2.29. The number of likely N-dealkylation sites (tertiary alicyclic amines) is 4. The fourth-order valence-corrected chi connectivity index (χ4v) is 9.93. The van der Waals surface area contributed by atoms with Crippen LogP contribution in [0, 0.1) is 33.6 Å². The molecule has 0 unspecified atom stereocenters. The molecule has 0 saturated carbocycles. The van der Waals surface area contributed by atoms with E-state index < -0.39 is 50.8 Å². The van der Waals surface area contributed by atoms with E-state index in [-0.39, 0.29) is 87.4 Å². The fourth-order valence-electron chi connectivity index (χ4n) is 7.24. The Labute approximate surface area is 550 Å². The number of nitrogens with zero attached hydrogens (tertiary/aromatic N) is 9. The minimum absolute atomic E-state index is 0. The summed E-state index contributed by atoms with van der Waals surface area (Å²) in [6, 6.07) is 8.91. The Balaban J connectivity index is 0. The summed E-state index contributed by atoms with van der Waals surface area (Å²) < 4.78 is 73.1. The van der Waals surface area contributed by atoms with E-state index in [1.54, 1.807) is 18.3 Å². The number of aliphatic hydroxyl groups excluding tert-OH is 2. The number of alkyl halides is 4. The van der Waals surface area contributed by atoms with Gasteiger partial charge in [0.25, 0.3) is 11.8 Å². The summed E-state index contributed by atoms with van der Waals surface area (Å²) in [6.07, 6.45) is 0.935. The Bertz CT molecular complexity index is 2370. The molecular formula is C56H101ClF4IN12O10PdSi2-. The monoisotopic (exact) mass is 1500 g/mol. The smallest absolute Gasteiger partial charge is 0.401 e. The fraction of sp³-hybridized carbons (Fsp3) is 0.714. The van der Waals surface area contributed by atoms with Gasteiger partial charge in [0.1, 0.15) is 12.2 Å². The number of nitro groups is 2. The molecule has 0 aliphatic carbocycles. The van der Waals surface area contributed by atoms with Crippen molar-refractivity contribution in [2.45, 2.75) is 148 Å². The number of hydrogen-bond donors (Lipinski definition) is 5. The minimum atomic E-state index is -4.10. The topological polar surface area (TPSA) is 265 Å². The molecule has 6 aliphatic rings. The van der Waals surface area contributed by atoms with Gasteiger partial charge in [0.05, 0.1) is 46.5 Å². The van der Waals surface area contributed by atoms with Crippen LogP contribution in [0.5, 0.6) is 11.8 Å². The van der Waals surface area contributed by atoms with E-state index >= 15 is 0 Å². The maximum atomic E-state index is 12.3. The van der Waals surface area contributed by atoms with Crippen LogP contribution in [0.2, 0.25) is 36.3 Å². The summed E-state index contributed by atoms with van der Waals surface area (Å²) in [5, 5.41) is 44.3. The summed E-state index contributed by atoms with van der Waals surface area (Å²) in [6.45, 7) is 42.7. The molecule has 6 fully saturated rings. The van der Waals surface area contributed by atoms with Gasteiger partial charge < -0.3 is 52.3 Å². The van der Waals surface area contributed by atoms with Gasteiger partial charge in [-0.05, 0) is 84.6 Å². The van der Waals surface area contributed by atoms with Gasteiger partial charge in [0.15, 0.2) is 16.6 Å². The van der Waals surface area contributed by atoms with E-state index in [9.17, 15) is 37.8 Å². The number of ether oxygens (including phenoxy) is 2. The third kappa shape index (κ3) is 32.8. The van der Waals surface area contributed by atoms with E-state index in [1.807, 2.05) is 0 Å². The largest absolute Gasteiger partial charge is 0.470 e. The van der Waals surface area contributed by atoms with Crippen molar-refractivity contribution < 1.29 is 76.4 Å². The summed E-state index contributed by atoms with van der Waals surface area (Å²) in [7, 11) is -3.31. The van der Waals surface area contributed by atoms with E-state index in [2.05, 4.69) is 158 Å². The molecule has 506 valence electrons. The number of hydrogen-bond acceptors (Lipinski definition) is 20. The first kappa shape index (κ1) is 86.1. The molecule has 0 amide bonds. The van der Waals surface area contributed by atoms with Crippen LogP contribution in [-0.4, -0.2) is 223 Å². The van der Waals surface area contributed by atoms with Gasteiger partial charge >= 0.3 is 17.6 Å². The van der Waals surface area contributed by atoms with E-state index in [4.69, 9.17) is 34.3 Å².